The lowest BCUT2D eigenvalue weighted by molar-refractivity contribution is -0.123. The number of thiazole rings is 1. The fourth-order valence-electron chi connectivity index (χ4n) is 2.68. The fraction of sp³-hybridized carbons (Fsp3) is 0.190. The Morgan fingerprint density at radius 1 is 1.04 bits per heavy atom. The number of carbonyl (C=O) groups excluding carboxylic acids is 2. The molecule has 1 amide bonds. The Morgan fingerprint density at radius 3 is 2.37 bits per heavy atom. The second-order valence-corrected chi connectivity index (χ2v) is 7.30. The predicted octanol–water partition coefficient (Wildman–Crippen LogP) is 4.61. The number of esters is 1. The van der Waals surface area contributed by atoms with Crippen LogP contribution in [0.2, 0.25) is 0 Å². The number of aryl methyl sites for hydroxylation is 2. The smallest absolute Gasteiger partial charge is 0.351 e. The van der Waals surface area contributed by atoms with Crippen molar-refractivity contribution < 1.29 is 14.3 Å². The molecule has 0 saturated carbocycles. The summed E-state index contributed by atoms with van der Waals surface area (Å²) < 4.78 is 5.33. The zero-order valence-electron chi connectivity index (χ0n) is 15.4. The van der Waals surface area contributed by atoms with Crippen LogP contribution in [0, 0.1) is 13.8 Å². The lowest BCUT2D eigenvalue weighted by atomic mass is 10.0. The molecule has 1 atom stereocenters. The van der Waals surface area contributed by atoms with Crippen molar-refractivity contribution in [2.75, 3.05) is 5.32 Å². The number of hydrogen-bond acceptors (Lipinski definition) is 5. The molecule has 0 saturated heterocycles. The molecule has 5 nitrogen and oxygen atoms in total. The molecule has 0 aliphatic carbocycles. The molecule has 27 heavy (non-hydrogen) atoms. The Kier molecular flexibility index (Phi) is 5.66. The molecule has 1 heterocycles. The van der Waals surface area contributed by atoms with Gasteiger partial charge in [-0.2, -0.15) is 0 Å². The summed E-state index contributed by atoms with van der Waals surface area (Å²) in [5.74, 6) is -0.914. The molecule has 0 bridgehead atoms. The number of amides is 1. The van der Waals surface area contributed by atoms with Gasteiger partial charge >= 0.3 is 5.97 Å². The van der Waals surface area contributed by atoms with E-state index in [0.717, 1.165) is 16.1 Å². The quantitative estimate of drug-likeness (QED) is 0.656. The van der Waals surface area contributed by atoms with E-state index in [4.69, 9.17) is 4.74 Å². The van der Waals surface area contributed by atoms with Crippen LogP contribution in [0.4, 0.5) is 5.69 Å². The zero-order chi connectivity index (χ0) is 19.4. The third kappa shape index (κ3) is 4.41. The van der Waals surface area contributed by atoms with Crippen molar-refractivity contribution in [2.45, 2.75) is 26.9 Å². The van der Waals surface area contributed by atoms with Gasteiger partial charge in [-0.15, -0.1) is 11.3 Å². The van der Waals surface area contributed by atoms with Crippen molar-refractivity contribution in [3.05, 3.63) is 70.2 Å². The van der Waals surface area contributed by atoms with Crippen LogP contribution in [0.15, 0.2) is 54.6 Å². The number of ether oxygens (including phenoxy) is 1. The van der Waals surface area contributed by atoms with E-state index in [-0.39, 0.29) is 5.91 Å². The minimum Gasteiger partial charge on any atom is -0.448 e. The average molecular weight is 380 g/mol. The maximum absolute atomic E-state index is 12.6. The molecule has 1 N–H and O–H groups in total. The molecule has 1 aromatic heterocycles. The molecule has 6 heteroatoms. The number of nitrogens with zero attached hydrogens (tertiary/aromatic N) is 1. The van der Waals surface area contributed by atoms with Gasteiger partial charge in [-0.25, -0.2) is 9.78 Å². The van der Waals surface area contributed by atoms with Gasteiger partial charge < -0.3 is 10.1 Å². The molecule has 0 spiro atoms. The highest BCUT2D eigenvalue weighted by Gasteiger charge is 2.22. The van der Waals surface area contributed by atoms with Gasteiger partial charge in [-0.3, -0.25) is 4.79 Å². The maximum atomic E-state index is 12.6. The molecule has 0 unspecified atom stereocenters. The van der Waals surface area contributed by atoms with Crippen LogP contribution in [0.3, 0.4) is 0 Å². The highest BCUT2D eigenvalue weighted by atomic mass is 32.1. The zero-order valence-corrected chi connectivity index (χ0v) is 16.2. The Morgan fingerprint density at radius 2 is 1.70 bits per heavy atom. The van der Waals surface area contributed by atoms with Gasteiger partial charge in [0, 0.05) is 11.3 Å². The van der Waals surface area contributed by atoms with Crippen molar-refractivity contribution in [1.82, 2.24) is 4.98 Å². The highest BCUT2D eigenvalue weighted by Crippen LogP contribution is 2.27. The van der Waals surface area contributed by atoms with Gasteiger partial charge in [0.1, 0.15) is 4.88 Å². The van der Waals surface area contributed by atoms with Gasteiger partial charge in [0.05, 0.1) is 10.7 Å². The number of para-hydroxylation sites is 1. The van der Waals surface area contributed by atoms with Crippen LogP contribution in [-0.2, 0) is 9.53 Å². The van der Waals surface area contributed by atoms with Gasteiger partial charge in [0.2, 0.25) is 0 Å². The summed E-state index contributed by atoms with van der Waals surface area (Å²) in [6, 6.07) is 17.3. The SMILES string of the molecule is Cc1nc(C)c(C(=O)O[C@@H](C)C(=O)Nc2ccccc2-c2ccccc2)s1. The Hall–Kier alpha value is -2.99. The molecule has 0 aliphatic rings. The number of anilines is 1. The molecule has 2 aromatic carbocycles. The first-order valence-electron chi connectivity index (χ1n) is 8.56. The largest absolute Gasteiger partial charge is 0.448 e. The van der Waals surface area contributed by atoms with Crippen LogP contribution in [0.5, 0.6) is 0 Å². The van der Waals surface area contributed by atoms with Gasteiger partial charge in [0.25, 0.3) is 5.91 Å². The van der Waals surface area contributed by atoms with E-state index < -0.39 is 12.1 Å². The number of rotatable bonds is 5. The standard InChI is InChI=1S/C21H20N2O3S/c1-13-19(27-15(3)22-13)21(25)26-14(2)20(24)23-18-12-8-7-11-17(18)16-9-5-4-6-10-16/h4-12,14H,1-3H3,(H,23,24)/t14-/m0/s1. The molecule has 3 rings (SSSR count). The minimum atomic E-state index is -0.928. The summed E-state index contributed by atoms with van der Waals surface area (Å²) in [6.45, 7) is 5.13. The predicted molar refractivity (Wildman–Crippen MR) is 107 cm³/mol. The topological polar surface area (TPSA) is 68.3 Å². The van der Waals surface area contributed by atoms with Crippen molar-refractivity contribution in [3.8, 4) is 11.1 Å². The highest BCUT2D eigenvalue weighted by molar-refractivity contribution is 7.13. The molecular formula is C21H20N2O3S. The fourth-order valence-corrected chi connectivity index (χ4v) is 3.49. The molecule has 0 aliphatic heterocycles. The summed E-state index contributed by atoms with van der Waals surface area (Å²) in [7, 11) is 0. The third-order valence-corrected chi connectivity index (χ3v) is 5.06. The lowest BCUT2D eigenvalue weighted by Crippen LogP contribution is -2.30. The van der Waals surface area contributed by atoms with Gasteiger partial charge in [-0.1, -0.05) is 48.5 Å². The first-order valence-corrected chi connectivity index (χ1v) is 9.37. The van der Waals surface area contributed by atoms with E-state index in [1.54, 1.807) is 13.8 Å². The van der Waals surface area contributed by atoms with E-state index in [0.29, 0.717) is 16.3 Å². The van der Waals surface area contributed by atoms with Crippen LogP contribution in [0.25, 0.3) is 11.1 Å². The van der Waals surface area contributed by atoms with Crippen molar-refractivity contribution >= 4 is 28.9 Å². The van der Waals surface area contributed by atoms with E-state index >= 15 is 0 Å². The summed E-state index contributed by atoms with van der Waals surface area (Å²) in [4.78, 5) is 29.5. The number of nitrogens with one attached hydrogen (secondary N) is 1. The third-order valence-electron chi connectivity index (χ3n) is 4.01. The Labute approximate surface area is 162 Å². The van der Waals surface area contributed by atoms with Gasteiger partial charge in [-0.05, 0) is 32.4 Å². The average Bonchev–Trinajstić information content (AvgIpc) is 3.01. The second-order valence-electron chi connectivity index (χ2n) is 6.10. The van der Waals surface area contributed by atoms with E-state index in [2.05, 4.69) is 10.3 Å². The molecule has 138 valence electrons. The monoisotopic (exact) mass is 380 g/mol. The summed E-state index contributed by atoms with van der Waals surface area (Å²) >= 11 is 1.26. The van der Waals surface area contributed by atoms with Crippen molar-refractivity contribution in [1.29, 1.82) is 0 Å². The van der Waals surface area contributed by atoms with Crippen LogP contribution in [0.1, 0.15) is 27.3 Å². The molecule has 0 fully saturated rings. The molecular weight excluding hydrogens is 360 g/mol. The number of aromatic nitrogens is 1. The van der Waals surface area contributed by atoms with Crippen molar-refractivity contribution in [3.63, 3.8) is 0 Å². The van der Waals surface area contributed by atoms with E-state index in [1.165, 1.54) is 11.3 Å². The van der Waals surface area contributed by atoms with Crippen molar-refractivity contribution in [2.24, 2.45) is 0 Å². The first-order chi connectivity index (χ1) is 13.0. The summed E-state index contributed by atoms with van der Waals surface area (Å²) in [5, 5.41) is 3.64. The summed E-state index contributed by atoms with van der Waals surface area (Å²) in [5.41, 5.74) is 3.18. The van der Waals surface area contributed by atoms with Gasteiger partial charge in [0.15, 0.2) is 6.10 Å². The Balaban J connectivity index is 1.72. The number of benzene rings is 2. The van der Waals surface area contributed by atoms with Crippen LogP contribution in [-0.4, -0.2) is 23.0 Å². The lowest BCUT2D eigenvalue weighted by Gasteiger charge is -2.15. The molecule has 3 aromatic rings. The number of carbonyl (C=O) groups is 2. The van der Waals surface area contributed by atoms with Crippen LogP contribution < -0.4 is 5.32 Å². The first kappa shape index (κ1) is 18.8. The molecule has 0 radical (unpaired) electrons. The van der Waals surface area contributed by atoms with Crippen LogP contribution >= 0.6 is 11.3 Å². The second kappa shape index (κ2) is 8.14. The van der Waals surface area contributed by atoms with E-state index in [9.17, 15) is 9.59 Å². The Bertz CT molecular complexity index is 967. The number of hydrogen-bond donors (Lipinski definition) is 1. The summed E-state index contributed by atoms with van der Waals surface area (Å²) in [6.07, 6.45) is -0.928. The minimum absolute atomic E-state index is 0.384. The maximum Gasteiger partial charge on any atom is 0.351 e. The van der Waals surface area contributed by atoms with E-state index in [1.807, 2.05) is 61.5 Å². The normalized spacial score (nSPS) is 11.7.